The molecule has 2 aliphatic carbocycles. The lowest BCUT2D eigenvalue weighted by molar-refractivity contribution is -0.385. The highest BCUT2D eigenvalue weighted by Gasteiger charge is 2.44. The van der Waals surface area contributed by atoms with Gasteiger partial charge in [-0.15, -0.1) is 0 Å². The average molecular weight is 357 g/mol. The number of benzene rings is 1. The number of ketones is 3. The van der Waals surface area contributed by atoms with Crippen LogP contribution in [0.5, 0.6) is 0 Å². The minimum atomic E-state index is -1.16. The first kappa shape index (κ1) is 18.0. The Morgan fingerprint density at radius 1 is 1.00 bits per heavy atom. The van der Waals surface area contributed by atoms with Crippen molar-refractivity contribution in [3.63, 3.8) is 0 Å². The van der Waals surface area contributed by atoms with E-state index in [2.05, 4.69) is 0 Å². The third kappa shape index (κ3) is 3.16. The first-order valence-electron chi connectivity index (χ1n) is 8.65. The number of nitro groups is 1. The second-order valence-electron chi connectivity index (χ2n) is 6.69. The highest BCUT2D eigenvalue weighted by molar-refractivity contribution is 6.08. The van der Waals surface area contributed by atoms with Crippen molar-refractivity contribution in [1.29, 1.82) is 0 Å². The Hall–Kier alpha value is -2.83. The fourth-order valence-electron chi connectivity index (χ4n) is 3.92. The van der Waals surface area contributed by atoms with E-state index in [-0.39, 0.29) is 65.6 Å². The Morgan fingerprint density at radius 3 is 2.23 bits per heavy atom. The molecule has 7 nitrogen and oxygen atoms in total. The fraction of sp³-hybridized carbons (Fsp3) is 0.421. The number of hydrogen-bond donors (Lipinski definition) is 1. The second-order valence-corrected chi connectivity index (χ2v) is 6.69. The smallest absolute Gasteiger partial charge is 0.273 e. The number of aliphatic hydroxyl groups is 1. The summed E-state index contributed by atoms with van der Waals surface area (Å²) in [4.78, 5) is 48.5. The van der Waals surface area contributed by atoms with Crippen molar-refractivity contribution in [1.82, 2.24) is 0 Å². The molecule has 1 N–H and O–H groups in total. The summed E-state index contributed by atoms with van der Waals surface area (Å²) in [6.07, 6.45) is 1.74. The van der Waals surface area contributed by atoms with Crippen molar-refractivity contribution in [3.05, 3.63) is 51.3 Å². The van der Waals surface area contributed by atoms with Gasteiger partial charge in [0.25, 0.3) is 5.69 Å². The molecular weight excluding hydrogens is 338 g/mol. The molecule has 0 amide bonds. The molecule has 0 bridgehead atoms. The number of carbonyl (C=O) groups is 3. The van der Waals surface area contributed by atoms with Crippen molar-refractivity contribution < 1.29 is 24.4 Å². The van der Waals surface area contributed by atoms with Gasteiger partial charge in [-0.25, -0.2) is 0 Å². The molecule has 2 aliphatic rings. The number of aliphatic hydroxyl groups excluding tert-OH is 1. The molecule has 26 heavy (non-hydrogen) atoms. The summed E-state index contributed by atoms with van der Waals surface area (Å²) in [5, 5.41) is 21.9. The lowest BCUT2D eigenvalue weighted by Gasteiger charge is -2.31. The zero-order chi connectivity index (χ0) is 18.8. The molecule has 1 fully saturated rings. The standard InChI is InChI=1S/C19H19NO6/c21-13-7-3-8-14(22)18(13)17(19-15(23)9-4-10-16(19)24)11-5-1-2-6-12(11)20(25)26/h1-2,5-6,17-18,23H,3-4,7-10H2. The molecule has 1 unspecified atom stereocenters. The summed E-state index contributed by atoms with van der Waals surface area (Å²) in [7, 11) is 0. The topological polar surface area (TPSA) is 115 Å². The molecule has 0 spiro atoms. The monoisotopic (exact) mass is 357 g/mol. The molecule has 1 saturated carbocycles. The van der Waals surface area contributed by atoms with Gasteiger partial charge >= 0.3 is 0 Å². The predicted molar refractivity (Wildman–Crippen MR) is 91.7 cm³/mol. The van der Waals surface area contributed by atoms with Gasteiger partial charge in [0.15, 0.2) is 5.78 Å². The van der Waals surface area contributed by atoms with E-state index in [0.717, 1.165) is 0 Å². The quantitative estimate of drug-likeness (QED) is 0.503. The summed E-state index contributed by atoms with van der Waals surface area (Å²) in [5.41, 5.74) is -0.149. The number of nitrogens with zero attached hydrogens (tertiary/aromatic N) is 1. The van der Waals surface area contributed by atoms with Crippen LogP contribution in [-0.4, -0.2) is 27.4 Å². The van der Waals surface area contributed by atoms with E-state index in [1.165, 1.54) is 18.2 Å². The highest BCUT2D eigenvalue weighted by Crippen LogP contribution is 2.44. The molecule has 1 aromatic rings. The maximum Gasteiger partial charge on any atom is 0.273 e. The minimum absolute atomic E-state index is 0.0147. The van der Waals surface area contributed by atoms with Crippen LogP contribution in [0.3, 0.4) is 0 Å². The first-order chi connectivity index (χ1) is 12.4. The molecule has 0 radical (unpaired) electrons. The highest BCUT2D eigenvalue weighted by atomic mass is 16.6. The number of allylic oxidation sites excluding steroid dienone is 2. The minimum Gasteiger partial charge on any atom is -0.512 e. The van der Waals surface area contributed by atoms with E-state index in [9.17, 15) is 29.6 Å². The molecule has 3 rings (SSSR count). The van der Waals surface area contributed by atoms with Crippen molar-refractivity contribution in [2.24, 2.45) is 5.92 Å². The Kier molecular flexibility index (Phi) is 4.97. The normalized spacial score (nSPS) is 20.4. The summed E-state index contributed by atoms with van der Waals surface area (Å²) >= 11 is 0. The largest absolute Gasteiger partial charge is 0.512 e. The summed E-state index contributed by atoms with van der Waals surface area (Å²) < 4.78 is 0. The Morgan fingerprint density at radius 2 is 1.62 bits per heavy atom. The summed E-state index contributed by atoms with van der Waals surface area (Å²) in [5.74, 6) is -3.46. The van der Waals surface area contributed by atoms with Gasteiger partial charge in [0.1, 0.15) is 11.6 Å². The number of nitro benzene ring substituents is 1. The number of carbonyl (C=O) groups excluding carboxylic acids is 3. The predicted octanol–water partition coefficient (Wildman–Crippen LogP) is 3.18. The van der Waals surface area contributed by atoms with E-state index >= 15 is 0 Å². The molecule has 0 saturated heterocycles. The fourth-order valence-corrected chi connectivity index (χ4v) is 3.92. The molecule has 0 aliphatic heterocycles. The zero-order valence-electron chi connectivity index (χ0n) is 14.1. The van der Waals surface area contributed by atoms with Crippen molar-refractivity contribution >= 4 is 23.0 Å². The maximum atomic E-state index is 12.6. The molecule has 136 valence electrons. The van der Waals surface area contributed by atoms with E-state index in [4.69, 9.17) is 0 Å². The van der Waals surface area contributed by atoms with E-state index < -0.39 is 16.8 Å². The molecule has 1 atom stereocenters. The first-order valence-corrected chi connectivity index (χ1v) is 8.65. The van der Waals surface area contributed by atoms with Gasteiger partial charge in [0, 0.05) is 48.8 Å². The van der Waals surface area contributed by atoms with Gasteiger partial charge in [-0.3, -0.25) is 24.5 Å². The lowest BCUT2D eigenvalue weighted by Crippen LogP contribution is -2.37. The van der Waals surface area contributed by atoms with Crippen molar-refractivity contribution in [2.75, 3.05) is 0 Å². The molecule has 7 heteroatoms. The Labute approximate surface area is 149 Å². The van der Waals surface area contributed by atoms with E-state index in [0.29, 0.717) is 12.8 Å². The van der Waals surface area contributed by atoms with Crippen LogP contribution < -0.4 is 0 Å². The second kappa shape index (κ2) is 7.19. The molecule has 0 aromatic heterocycles. The zero-order valence-corrected chi connectivity index (χ0v) is 14.1. The van der Waals surface area contributed by atoms with Gasteiger partial charge in [-0.05, 0) is 12.8 Å². The Bertz CT molecular complexity index is 809. The van der Waals surface area contributed by atoms with Crippen LogP contribution in [0.25, 0.3) is 0 Å². The average Bonchev–Trinajstić information content (AvgIpc) is 2.60. The number of Topliss-reactive ketones (excluding diaryl/α,β-unsaturated/α-hetero) is 3. The van der Waals surface area contributed by atoms with Crippen molar-refractivity contribution in [2.45, 2.75) is 44.4 Å². The van der Waals surface area contributed by atoms with Gasteiger partial charge in [0.2, 0.25) is 0 Å². The molecular formula is C19H19NO6. The number of rotatable bonds is 4. The number of hydrogen-bond acceptors (Lipinski definition) is 6. The van der Waals surface area contributed by atoms with Crippen molar-refractivity contribution in [3.8, 4) is 0 Å². The van der Waals surface area contributed by atoms with E-state index in [1.54, 1.807) is 6.07 Å². The van der Waals surface area contributed by atoms with Gasteiger partial charge < -0.3 is 5.11 Å². The van der Waals surface area contributed by atoms with E-state index in [1.807, 2.05) is 0 Å². The van der Waals surface area contributed by atoms with Crippen LogP contribution >= 0.6 is 0 Å². The maximum absolute atomic E-state index is 12.6. The van der Waals surface area contributed by atoms with Crippen LogP contribution in [-0.2, 0) is 14.4 Å². The summed E-state index contributed by atoms with van der Waals surface area (Å²) in [6.45, 7) is 0. The lowest BCUT2D eigenvalue weighted by atomic mass is 9.69. The third-order valence-electron chi connectivity index (χ3n) is 5.08. The van der Waals surface area contributed by atoms with Crippen LogP contribution in [0.15, 0.2) is 35.6 Å². The summed E-state index contributed by atoms with van der Waals surface area (Å²) in [6, 6.07) is 5.79. The molecule has 0 heterocycles. The van der Waals surface area contributed by atoms with Gasteiger partial charge in [0.05, 0.1) is 16.6 Å². The van der Waals surface area contributed by atoms with Crippen LogP contribution in [0, 0.1) is 16.0 Å². The Balaban J connectivity index is 2.24. The third-order valence-corrected chi connectivity index (χ3v) is 5.08. The van der Waals surface area contributed by atoms with Gasteiger partial charge in [-0.2, -0.15) is 0 Å². The van der Waals surface area contributed by atoms with Crippen LogP contribution in [0.2, 0.25) is 0 Å². The van der Waals surface area contributed by atoms with Gasteiger partial charge in [-0.1, -0.05) is 18.2 Å². The molecule has 1 aromatic carbocycles. The SMILES string of the molecule is O=C1CCCC(O)=C1C(c1ccccc1[N+](=O)[O-])C1C(=O)CCCC1=O. The van der Waals surface area contributed by atoms with Crippen LogP contribution in [0.4, 0.5) is 5.69 Å². The van der Waals surface area contributed by atoms with Crippen LogP contribution in [0.1, 0.15) is 50.0 Å². The number of para-hydroxylation sites is 1.